The van der Waals surface area contributed by atoms with Crippen molar-refractivity contribution in [3.8, 4) is 0 Å². The molecule has 13 heavy (non-hydrogen) atoms. The van der Waals surface area contributed by atoms with Crippen molar-refractivity contribution in [3.63, 3.8) is 0 Å². The van der Waals surface area contributed by atoms with E-state index in [1.54, 1.807) is 27.2 Å². The summed E-state index contributed by atoms with van der Waals surface area (Å²) >= 11 is 0. The van der Waals surface area contributed by atoms with E-state index in [9.17, 15) is 5.11 Å². The largest absolute Gasteiger partial charge is 0.391 e. The molecule has 1 N–H and O–H groups in total. The molecule has 0 bridgehead atoms. The average molecular weight is 188 g/mol. The first kappa shape index (κ1) is 10.7. The molecule has 0 spiro atoms. The summed E-state index contributed by atoms with van der Waals surface area (Å²) in [6.45, 7) is 1.67. The van der Waals surface area contributed by atoms with Crippen LogP contribution in [0.1, 0.15) is 6.92 Å². The van der Waals surface area contributed by atoms with Gasteiger partial charge in [0.05, 0.1) is 6.10 Å². The number of aliphatic hydroxyl groups is 1. The third-order valence-corrected chi connectivity index (χ3v) is 2.05. The molecule has 0 fully saturated rings. The Bertz CT molecular complexity index is 178. The van der Waals surface area contributed by atoms with Crippen LogP contribution in [0.5, 0.6) is 0 Å². The van der Waals surface area contributed by atoms with Crippen LogP contribution < -0.4 is 0 Å². The van der Waals surface area contributed by atoms with Gasteiger partial charge in [-0.25, -0.2) is 0 Å². The molecule has 0 radical (unpaired) electrons. The number of hydrogen-bond donors (Lipinski definition) is 1. The van der Waals surface area contributed by atoms with E-state index in [4.69, 9.17) is 14.2 Å². The van der Waals surface area contributed by atoms with Crippen molar-refractivity contribution in [1.82, 2.24) is 0 Å². The van der Waals surface area contributed by atoms with E-state index in [-0.39, 0.29) is 18.5 Å². The molecule has 0 aromatic carbocycles. The molecule has 1 rings (SSSR count). The SMILES string of the molecule is CO[C@H]1C=C[C@H](OC)[C@H]([C@@H](C)O)O1. The monoisotopic (exact) mass is 188 g/mol. The van der Waals surface area contributed by atoms with Gasteiger partial charge in [-0.05, 0) is 13.0 Å². The zero-order valence-electron chi connectivity index (χ0n) is 8.14. The van der Waals surface area contributed by atoms with Gasteiger partial charge in [0.1, 0.15) is 12.2 Å². The van der Waals surface area contributed by atoms with Gasteiger partial charge in [0.15, 0.2) is 6.29 Å². The highest BCUT2D eigenvalue weighted by molar-refractivity contribution is 5.01. The second kappa shape index (κ2) is 4.72. The van der Waals surface area contributed by atoms with Crippen LogP contribution in [0, 0.1) is 0 Å². The van der Waals surface area contributed by atoms with Gasteiger partial charge in [0.25, 0.3) is 0 Å². The normalized spacial score (nSPS) is 36.2. The molecule has 0 unspecified atom stereocenters. The van der Waals surface area contributed by atoms with Gasteiger partial charge in [0.2, 0.25) is 0 Å². The van der Waals surface area contributed by atoms with Gasteiger partial charge >= 0.3 is 0 Å². The molecule has 4 atom stereocenters. The third kappa shape index (κ3) is 2.51. The molecular weight excluding hydrogens is 172 g/mol. The fourth-order valence-electron chi connectivity index (χ4n) is 1.32. The highest BCUT2D eigenvalue weighted by Crippen LogP contribution is 2.18. The number of ether oxygens (including phenoxy) is 3. The third-order valence-electron chi connectivity index (χ3n) is 2.05. The second-order valence-electron chi connectivity index (χ2n) is 3.03. The van der Waals surface area contributed by atoms with Crippen LogP contribution in [0.3, 0.4) is 0 Å². The first-order valence-electron chi connectivity index (χ1n) is 4.26. The predicted octanol–water partition coefficient (Wildman–Crippen LogP) is 0.310. The maximum atomic E-state index is 9.40. The Morgan fingerprint density at radius 2 is 2.00 bits per heavy atom. The van der Waals surface area contributed by atoms with Crippen molar-refractivity contribution in [2.75, 3.05) is 14.2 Å². The van der Waals surface area contributed by atoms with Crippen LogP contribution in [0.25, 0.3) is 0 Å². The highest BCUT2D eigenvalue weighted by atomic mass is 16.7. The zero-order chi connectivity index (χ0) is 9.84. The Balaban J connectivity index is 2.64. The number of hydrogen-bond acceptors (Lipinski definition) is 4. The molecule has 0 saturated heterocycles. The van der Waals surface area contributed by atoms with Crippen LogP contribution in [0.15, 0.2) is 12.2 Å². The Morgan fingerprint density at radius 1 is 1.31 bits per heavy atom. The number of methoxy groups -OCH3 is 2. The summed E-state index contributed by atoms with van der Waals surface area (Å²) in [6.07, 6.45) is 2.09. The van der Waals surface area contributed by atoms with Crippen LogP contribution in [0.2, 0.25) is 0 Å². The Kier molecular flexibility index (Phi) is 3.87. The number of rotatable bonds is 3. The minimum Gasteiger partial charge on any atom is -0.391 e. The van der Waals surface area contributed by atoms with Crippen molar-refractivity contribution in [2.24, 2.45) is 0 Å². The first-order valence-corrected chi connectivity index (χ1v) is 4.26. The van der Waals surface area contributed by atoms with Gasteiger partial charge in [0, 0.05) is 14.2 Å². The fourth-order valence-corrected chi connectivity index (χ4v) is 1.32. The van der Waals surface area contributed by atoms with E-state index >= 15 is 0 Å². The molecular formula is C9H16O4. The Hall–Kier alpha value is -0.420. The molecule has 4 heteroatoms. The summed E-state index contributed by atoms with van der Waals surface area (Å²) in [6, 6.07) is 0. The molecule has 1 aliphatic heterocycles. The van der Waals surface area contributed by atoms with Crippen molar-refractivity contribution < 1.29 is 19.3 Å². The van der Waals surface area contributed by atoms with Crippen molar-refractivity contribution in [1.29, 1.82) is 0 Å². The lowest BCUT2D eigenvalue weighted by molar-refractivity contribution is -0.188. The van der Waals surface area contributed by atoms with E-state index in [0.29, 0.717) is 0 Å². The molecule has 0 aromatic rings. The zero-order valence-corrected chi connectivity index (χ0v) is 8.14. The lowest BCUT2D eigenvalue weighted by atomic mass is 10.1. The average Bonchev–Trinajstić information content (AvgIpc) is 2.16. The maximum absolute atomic E-state index is 9.40. The fraction of sp³-hybridized carbons (Fsp3) is 0.778. The van der Waals surface area contributed by atoms with Crippen molar-refractivity contribution >= 4 is 0 Å². The van der Waals surface area contributed by atoms with E-state index in [2.05, 4.69) is 0 Å². The van der Waals surface area contributed by atoms with E-state index in [1.807, 2.05) is 6.08 Å². The predicted molar refractivity (Wildman–Crippen MR) is 47.3 cm³/mol. The smallest absolute Gasteiger partial charge is 0.177 e. The quantitative estimate of drug-likeness (QED) is 0.647. The van der Waals surface area contributed by atoms with E-state index in [1.165, 1.54) is 0 Å². The summed E-state index contributed by atoms with van der Waals surface area (Å²) in [5.41, 5.74) is 0. The Labute approximate surface area is 78.1 Å². The van der Waals surface area contributed by atoms with Crippen LogP contribution in [-0.2, 0) is 14.2 Å². The minimum absolute atomic E-state index is 0.202. The lowest BCUT2D eigenvalue weighted by Crippen LogP contribution is -2.43. The van der Waals surface area contributed by atoms with Crippen LogP contribution in [-0.4, -0.2) is 43.9 Å². The molecule has 0 aliphatic carbocycles. The molecule has 1 aliphatic rings. The minimum atomic E-state index is -0.576. The Morgan fingerprint density at radius 3 is 2.46 bits per heavy atom. The summed E-state index contributed by atoms with van der Waals surface area (Å²) in [5, 5.41) is 9.40. The second-order valence-corrected chi connectivity index (χ2v) is 3.03. The van der Waals surface area contributed by atoms with Gasteiger partial charge in [-0.1, -0.05) is 6.08 Å². The standard InChI is InChI=1S/C9H16O4/c1-6(10)9-7(11-2)4-5-8(12-3)13-9/h4-10H,1-3H3/t6-,7+,8-,9+/m1/s1. The number of aliphatic hydroxyl groups excluding tert-OH is 1. The summed E-state index contributed by atoms with van der Waals surface area (Å²) in [7, 11) is 3.14. The van der Waals surface area contributed by atoms with Crippen LogP contribution >= 0.6 is 0 Å². The van der Waals surface area contributed by atoms with Crippen LogP contribution in [0.4, 0.5) is 0 Å². The highest BCUT2D eigenvalue weighted by Gasteiger charge is 2.30. The molecule has 0 saturated carbocycles. The van der Waals surface area contributed by atoms with Crippen molar-refractivity contribution in [3.05, 3.63) is 12.2 Å². The summed E-state index contributed by atoms with van der Waals surface area (Å²) in [4.78, 5) is 0. The van der Waals surface area contributed by atoms with E-state index in [0.717, 1.165) is 0 Å². The van der Waals surface area contributed by atoms with Gasteiger partial charge in [-0.2, -0.15) is 0 Å². The van der Waals surface area contributed by atoms with Gasteiger partial charge in [-0.3, -0.25) is 0 Å². The molecule has 76 valence electrons. The van der Waals surface area contributed by atoms with Crippen molar-refractivity contribution in [2.45, 2.75) is 31.5 Å². The first-order chi connectivity index (χ1) is 6.19. The maximum Gasteiger partial charge on any atom is 0.177 e. The molecule has 0 amide bonds. The molecule has 1 heterocycles. The summed E-state index contributed by atoms with van der Waals surface area (Å²) < 4.78 is 15.5. The lowest BCUT2D eigenvalue weighted by Gasteiger charge is -2.32. The topological polar surface area (TPSA) is 47.9 Å². The van der Waals surface area contributed by atoms with Gasteiger partial charge in [-0.15, -0.1) is 0 Å². The van der Waals surface area contributed by atoms with Gasteiger partial charge < -0.3 is 19.3 Å². The molecule has 4 nitrogen and oxygen atoms in total. The summed E-state index contributed by atoms with van der Waals surface area (Å²) in [5.74, 6) is 0. The molecule has 0 aromatic heterocycles. The van der Waals surface area contributed by atoms with E-state index < -0.39 is 6.10 Å².